The Kier molecular flexibility index (Phi) is 3.17. The molecule has 16 heavy (non-hydrogen) atoms. The molecule has 1 atom stereocenters. The highest BCUT2D eigenvalue weighted by Crippen LogP contribution is 2.38. The number of benzene rings is 1. The van der Waals surface area contributed by atoms with Crippen LogP contribution in [0.2, 0.25) is 0 Å². The average Bonchev–Trinajstić information content (AvgIpc) is 2.28. The van der Waals surface area contributed by atoms with E-state index >= 15 is 0 Å². The highest BCUT2D eigenvalue weighted by atomic mass is 16.6. The molecule has 0 saturated carbocycles. The van der Waals surface area contributed by atoms with Crippen LogP contribution in [-0.2, 0) is 0 Å². The van der Waals surface area contributed by atoms with Crippen LogP contribution in [0.15, 0.2) is 12.1 Å². The van der Waals surface area contributed by atoms with Crippen molar-refractivity contribution in [2.75, 3.05) is 26.8 Å². The van der Waals surface area contributed by atoms with Crippen LogP contribution in [-0.4, -0.2) is 37.0 Å². The van der Waals surface area contributed by atoms with Gasteiger partial charge in [0.05, 0.1) is 6.10 Å². The number of hydrogen-bond acceptors (Lipinski definition) is 5. The zero-order valence-electron chi connectivity index (χ0n) is 9.06. The number of rotatable bonds is 3. The van der Waals surface area contributed by atoms with Crippen molar-refractivity contribution in [3.63, 3.8) is 0 Å². The standard InChI is InChI=1S/C11H15NO4/c1-12-6-9(14)7-4-10-11(5-8(7)13)16-3-2-15-10/h4-5,9,12-14H,2-3,6H2,1H3. The van der Waals surface area contributed by atoms with Crippen molar-refractivity contribution in [2.24, 2.45) is 0 Å². The molecule has 1 aromatic rings. The van der Waals surface area contributed by atoms with E-state index in [2.05, 4.69) is 5.32 Å². The Labute approximate surface area is 93.6 Å². The van der Waals surface area contributed by atoms with E-state index in [4.69, 9.17) is 9.47 Å². The summed E-state index contributed by atoms with van der Waals surface area (Å²) in [5.41, 5.74) is 0.443. The van der Waals surface area contributed by atoms with Gasteiger partial charge >= 0.3 is 0 Å². The number of likely N-dealkylation sites (N-methyl/N-ethyl adjacent to an activating group) is 1. The van der Waals surface area contributed by atoms with Crippen molar-refractivity contribution >= 4 is 0 Å². The molecule has 5 heteroatoms. The second-order valence-electron chi connectivity index (χ2n) is 3.63. The molecular formula is C11H15NO4. The maximum absolute atomic E-state index is 9.78. The zero-order chi connectivity index (χ0) is 11.5. The number of hydrogen-bond donors (Lipinski definition) is 3. The van der Waals surface area contributed by atoms with Crippen molar-refractivity contribution in [3.05, 3.63) is 17.7 Å². The first-order valence-corrected chi connectivity index (χ1v) is 5.17. The molecule has 1 aliphatic heterocycles. The molecule has 0 aromatic heterocycles. The van der Waals surface area contributed by atoms with Crippen molar-refractivity contribution < 1.29 is 19.7 Å². The third-order valence-corrected chi connectivity index (χ3v) is 2.45. The van der Waals surface area contributed by atoms with Gasteiger partial charge in [-0.2, -0.15) is 0 Å². The quantitative estimate of drug-likeness (QED) is 0.695. The summed E-state index contributed by atoms with van der Waals surface area (Å²) in [7, 11) is 1.73. The highest BCUT2D eigenvalue weighted by molar-refractivity contribution is 5.51. The van der Waals surface area contributed by atoms with E-state index in [-0.39, 0.29) is 5.75 Å². The summed E-state index contributed by atoms with van der Waals surface area (Å²) >= 11 is 0. The fraction of sp³-hybridized carbons (Fsp3) is 0.455. The maximum atomic E-state index is 9.78. The van der Waals surface area contributed by atoms with Crippen molar-refractivity contribution in [1.82, 2.24) is 5.32 Å². The third kappa shape index (κ3) is 2.05. The Morgan fingerprint density at radius 3 is 2.56 bits per heavy atom. The molecule has 88 valence electrons. The van der Waals surface area contributed by atoms with Crippen LogP contribution in [0, 0.1) is 0 Å². The first kappa shape index (κ1) is 11.0. The molecule has 1 unspecified atom stereocenters. The van der Waals surface area contributed by atoms with Gasteiger partial charge in [0, 0.05) is 18.2 Å². The predicted molar refractivity (Wildman–Crippen MR) is 58.0 cm³/mol. The number of fused-ring (bicyclic) bond motifs is 1. The average molecular weight is 225 g/mol. The first-order chi connectivity index (χ1) is 7.72. The minimum absolute atomic E-state index is 0.0204. The number of aliphatic hydroxyl groups is 1. The molecular weight excluding hydrogens is 210 g/mol. The molecule has 2 rings (SSSR count). The number of aliphatic hydroxyl groups excluding tert-OH is 1. The summed E-state index contributed by atoms with van der Waals surface area (Å²) in [5, 5.41) is 22.4. The van der Waals surface area contributed by atoms with Gasteiger partial charge in [-0.25, -0.2) is 0 Å². The smallest absolute Gasteiger partial charge is 0.165 e. The predicted octanol–water partition coefficient (Wildman–Crippen LogP) is 0.416. The lowest BCUT2D eigenvalue weighted by Gasteiger charge is -2.21. The van der Waals surface area contributed by atoms with E-state index in [0.717, 1.165) is 0 Å². The second-order valence-corrected chi connectivity index (χ2v) is 3.63. The Morgan fingerprint density at radius 2 is 1.94 bits per heavy atom. The van der Waals surface area contributed by atoms with Gasteiger partial charge in [0.25, 0.3) is 0 Å². The molecule has 0 bridgehead atoms. The largest absolute Gasteiger partial charge is 0.507 e. The van der Waals surface area contributed by atoms with E-state index < -0.39 is 6.10 Å². The molecule has 0 fully saturated rings. The van der Waals surface area contributed by atoms with Crippen LogP contribution in [0.4, 0.5) is 0 Å². The fourth-order valence-corrected chi connectivity index (χ4v) is 1.66. The summed E-state index contributed by atoms with van der Waals surface area (Å²) in [4.78, 5) is 0. The summed E-state index contributed by atoms with van der Waals surface area (Å²) in [6.07, 6.45) is -0.763. The maximum Gasteiger partial charge on any atom is 0.165 e. The minimum Gasteiger partial charge on any atom is -0.507 e. The molecule has 0 saturated heterocycles. The van der Waals surface area contributed by atoms with Crippen LogP contribution < -0.4 is 14.8 Å². The van der Waals surface area contributed by atoms with Gasteiger partial charge in [-0.1, -0.05) is 0 Å². The van der Waals surface area contributed by atoms with Crippen LogP contribution in [0.5, 0.6) is 17.2 Å². The number of phenolic OH excluding ortho intramolecular Hbond substituents is 1. The normalized spacial score (nSPS) is 15.9. The van der Waals surface area contributed by atoms with Gasteiger partial charge in [-0.15, -0.1) is 0 Å². The Hall–Kier alpha value is -1.46. The minimum atomic E-state index is -0.763. The summed E-state index contributed by atoms with van der Waals surface area (Å²) in [5.74, 6) is 1.10. The van der Waals surface area contributed by atoms with Gasteiger partial charge in [0.2, 0.25) is 0 Å². The molecule has 0 spiro atoms. The summed E-state index contributed by atoms with van der Waals surface area (Å²) in [6.45, 7) is 1.33. The van der Waals surface area contributed by atoms with Gasteiger partial charge in [0.15, 0.2) is 11.5 Å². The molecule has 3 N–H and O–H groups in total. The molecule has 1 aliphatic rings. The van der Waals surface area contributed by atoms with E-state index in [9.17, 15) is 10.2 Å². The number of ether oxygens (including phenoxy) is 2. The van der Waals surface area contributed by atoms with Gasteiger partial charge < -0.3 is 25.0 Å². The zero-order valence-corrected chi connectivity index (χ0v) is 9.06. The lowest BCUT2D eigenvalue weighted by Crippen LogP contribution is -2.18. The van der Waals surface area contributed by atoms with E-state index in [1.165, 1.54) is 6.07 Å². The topological polar surface area (TPSA) is 71.0 Å². The lowest BCUT2D eigenvalue weighted by molar-refractivity contribution is 0.161. The van der Waals surface area contributed by atoms with Gasteiger partial charge in [0.1, 0.15) is 19.0 Å². The highest BCUT2D eigenvalue weighted by Gasteiger charge is 2.19. The van der Waals surface area contributed by atoms with Gasteiger partial charge in [-0.05, 0) is 13.1 Å². The SMILES string of the molecule is CNCC(O)c1cc2c(cc1O)OCCO2. The van der Waals surface area contributed by atoms with E-state index in [0.29, 0.717) is 36.8 Å². The van der Waals surface area contributed by atoms with Crippen LogP contribution >= 0.6 is 0 Å². The van der Waals surface area contributed by atoms with Crippen molar-refractivity contribution in [1.29, 1.82) is 0 Å². The number of phenols is 1. The second kappa shape index (κ2) is 4.59. The van der Waals surface area contributed by atoms with Gasteiger partial charge in [-0.3, -0.25) is 0 Å². The fourth-order valence-electron chi connectivity index (χ4n) is 1.66. The monoisotopic (exact) mass is 225 g/mol. The van der Waals surface area contributed by atoms with Crippen LogP contribution in [0.3, 0.4) is 0 Å². The Bertz CT molecular complexity index is 380. The van der Waals surface area contributed by atoms with E-state index in [1.807, 2.05) is 0 Å². The molecule has 5 nitrogen and oxygen atoms in total. The van der Waals surface area contributed by atoms with Crippen molar-refractivity contribution in [2.45, 2.75) is 6.10 Å². The Balaban J connectivity index is 2.31. The summed E-state index contributed by atoms with van der Waals surface area (Å²) < 4.78 is 10.7. The molecule has 0 amide bonds. The van der Waals surface area contributed by atoms with Crippen LogP contribution in [0.25, 0.3) is 0 Å². The number of nitrogens with one attached hydrogen (secondary N) is 1. The first-order valence-electron chi connectivity index (χ1n) is 5.17. The van der Waals surface area contributed by atoms with Crippen molar-refractivity contribution in [3.8, 4) is 17.2 Å². The molecule has 0 radical (unpaired) electrons. The molecule has 1 heterocycles. The van der Waals surface area contributed by atoms with E-state index in [1.54, 1.807) is 13.1 Å². The third-order valence-electron chi connectivity index (χ3n) is 2.45. The molecule has 0 aliphatic carbocycles. The summed E-state index contributed by atoms with van der Waals surface area (Å²) in [6, 6.07) is 3.09. The van der Waals surface area contributed by atoms with Crippen LogP contribution in [0.1, 0.15) is 11.7 Å². The molecule has 1 aromatic carbocycles. The Morgan fingerprint density at radius 1 is 1.31 bits per heavy atom. The lowest BCUT2D eigenvalue weighted by atomic mass is 10.1. The number of aromatic hydroxyl groups is 1.